The summed E-state index contributed by atoms with van der Waals surface area (Å²) in [7, 11) is 0. The number of nitrogens with one attached hydrogen (secondary N) is 1. The van der Waals surface area contributed by atoms with E-state index in [4.69, 9.17) is 18.9 Å². The van der Waals surface area contributed by atoms with E-state index in [9.17, 15) is 45.6 Å². The molecule has 0 bridgehead atoms. The van der Waals surface area contributed by atoms with Crippen LogP contribution in [0.4, 0.5) is 0 Å². The minimum Gasteiger partial charge on any atom is -0.394 e. The summed E-state index contributed by atoms with van der Waals surface area (Å²) >= 11 is 0. The zero-order valence-electron chi connectivity index (χ0n) is 51.8. The van der Waals surface area contributed by atoms with Gasteiger partial charge in [0, 0.05) is 6.42 Å². The molecule has 14 nitrogen and oxygen atoms in total. The number of ether oxygens (including phenoxy) is 4. The topological polar surface area (TPSA) is 228 Å². The first-order valence-electron chi connectivity index (χ1n) is 32.7. The number of hydrogen-bond acceptors (Lipinski definition) is 13. The van der Waals surface area contributed by atoms with Crippen LogP contribution in [0.2, 0.25) is 0 Å². The Bertz CT molecular complexity index is 1870. The van der Waals surface area contributed by atoms with Crippen LogP contribution in [0, 0.1) is 0 Å². The molecule has 0 spiro atoms. The predicted molar refractivity (Wildman–Crippen MR) is 341 cm³/mol. The van der Waals surface area contributed by atoms with Crippen molar-refractivity contribution in [1.82, 2.24) is 5.32 Å². The molecule has 2 heterocycles. The Labute approximate surface area is 508 Å². The van der Waals surface area contributed by atoms with Gasteiger partial charge >= 0.3 is 0 Å². The van der Waals surface area contributed by atoms with Crippen LogP contribution in [-0.4, -0.2) is 140 Å². The number of carbonyl (C=O) groups is 1. The van der Waals surface area contributed by atoms with Crippen LogP contribution in [0.25, 0.3) is 0 Å². The third-order valence-corrected chi connectivity index (χ3v) is 15.2. The molecule has 480 valence electrons. The molecule has 2 rings (SSSR count). The van der Waals surface area contributed by atoms with Gasteiger partial charge in [0.1, 0.15) is 48.8 Å². The van der Waals surface area contributed by atoms with Gasteiger partial charge < -0.3 is 65.1 Å². The molecule has 0 aromatic carbocycles. The Morgan fingerprint density at radius 1 is 0.452 bits per heavy atom. The van der Waals surface area contributed by atoms with Gasteiger partial charge in [0.15, 0.2) is 12.6 Å². The van der Waals surface area contributed by atoms with E-state index in [-0.39, 0.29) is 18.9 Å². The number of amides is 1. The molecule has 12 atom stereocenters. The van der Waals surface area contributed by atoms with Crippen molar-refractivity contribution in [2.24, 2.45) is 0 Å². The fourth-order valence-corrected chi connectivity index (χ4v) is 10.0. The van der Waals surface area contributed by atoms with Gasteiger partial charge in [0.25, 0.3) is 0 Å². The minimum atomic E-state index is -1.80. The number of rotatable bonds is 51. The number of aliphatic hydroxyl groups is 8. The van der Waals surface area contributed by atoms with Crippen LogP contribution in [0.15, 0.2) is 122 Å². The SMILES string of the molecule is C/C=C/CC/C=C/CC/C=C/C(O)C(COC1OC(CO)C(OC2OC(CO)C(O)C(O)C2O)C(O)C1O)NC(=O)CCCCCCCCCCCCCCCCCCCCC/C=C\C/C=C\C/C=C\C/C=C\C/C=C\C/C=C\C/C=C\CC. The fraction of sp³-hybridized carbons (Fsp3) is 0.700. The number of carbonyl (C=O) groups excluding carboxylic acids is 1. The normalized spacial score (nSPS) is 24.5. The second kappa shape index (κ2) is 53.6. The van der Waals surface area contributed by atoms with Crippen molar-refractivity contribution >= 4 is 5.91 Å². The Balaban J connectivity index is 1.53. The number of unbranched alkanes of at least 4 members (excludes halogenated alkanes) is 21. The number of allylic oxidation sites excluding steroid dienone is 19. The second-order valence-electron chi connectivity index (χ2n) is 22.5. The van der Waals surface area contributed by atoms with Crippen LogP contribution in [-0.2, 0) is 23.7 Å². The van der Waals surface area contributed by atoms with Crippen molar-refractivity contribution in [2.75, 3.05) is 19.8 Å². The van der Waals surface area contributed by atoms with Crippen molar-refractivity contribution < 1.29 is 64.6 Å². The lowest BCUT2D eigenvalue weighted by molar-refractivity contribution is -0.359. The number of aliphatic hydroxyl groups excluding tert-OH is 8. The van der Waals surface area contributed by atoms with E-state index in [0.717, 1.165) is 83.5 Å². The summed E-state index contributed by atoms with van der Waals surface area (Å²) in [5, 5.41) is 86.8. The molecule has 0 saturated carbocycles. The molecule has 0 aromatic heterocycles. The molecule has 2 fully saturated rings. The summed E-state index contributed by atoms with van der Waals surface area (Å²) in [5.74, 6) is -0.259. The summed E-state index contributed by atoms with van der Waals surface area (Å²) in [5.41, 5.74) is 0. The molecule has 0 radical (unpaired) electrons. The maximum Gasteiger partial charge on any atom is 0.220 e. The Morgan fingerprint density at radius 3 is 1.31 bits per heavy atom. The van der Waals surface area contributed by atoms with Crippen LogP contribution >= 0.6 is 0 Å². The largest absolute Gasteiger partial charge is 0.394 e. The maximum absolute atomic E-state index is 13.2. The van der Waals surface area contributed by atoms with Crippen LogP contribution in [0.5, 0.6) is 0 Å². The molecule has 84 heavy (non-hydrogen) atoms. The lowest BCUT2D eigenvalue weighted by Crippen LogP contribution is -2.65. The van der Waals surface area contributed by atoms with Crippen LogP contribution < -0.4 is 5.32 Å². The average molecular weight is 1180 g/mol. The lowest BCUT2D eigenvalue weighted by atomic mass is 9.97. The standard InChI is InChI=1S/C70H117NO13/c1-3-5-7-9-11-13-14-15-16-17-18-19-20-21-22-23-24-25-26-27-28-29-30-31-32-33-34-35-36-37-38-39-40-41-42-43-44-46-48-50-52-54-62(75)71-58(59(74)53-51-49-47-45-12-10-8-6-4-2)57-81-69-67(80)65(78)68(61(56-73)83-69)84-70-66(79)64(77)63(76)60(55-72)82-70/h4-7,11-13,15-16,18-19,21-22,24-25,27-28,45,51,53,58-61,63-70,72-74,76-80H,3,8-10,14,17,20,23,26,29-44,46-50,52,54-57H2,1-2H3,(H,71,75)/b6-4+,7-5-,13-11-,16-15-,19-18-,22-21-,25-24-,28-27-,45-12+,53-51+. The predicted octanol–water partition coefficient (Wildman–Crippen LogP) is 12.6. The van der Waals surface area contributed by atoms with E-state index in [1.165, 1.54) is 103 Å². The summed E-state index contributed by atoms with van der Waals surface area (Å²) < 4.78 is 22.7. The molecule has 9 N–H and O–H groups in total. The maximum atomic E-state index is 13.2. The van der Waals surface area contributed by atoms with Crippen molar-refractivity contribution in [3.63, 3.8) is 0 Å². The van der Waals surface area contributed by atoms with Gasteiger partial charge in [-0.2, -0.15) is 0 Å². The smallest absolute Gasteiger partial charge is 0.220 e. The summed E-state index contributed by atoms with van der Waals surface area (Å²) in [6.45, 7) is 2.40. The van der Waals surface area contributed by atoms with Gasteiger partial charge in [-0.15, -0.1) is 0 Å². The Hall–Kier alpha value is -3.61. The molecule has 12 unspecified atom stereocenters. The Morgan fingerprint density at radius 2 is 0.845 bits per heavy atom. The molecule has 0 aliphatic carbocycles. The van der Waals surface area contributed by atoms with Crippen molar-refractivity contribution in [3.8, 4) is 0 Å². The van der Waals surface area contributed by atoms with Gasteiger partial charge in [-0.1, -0.05) is 238 Å². The Kier molecular flexibility index (Phi) is 48.8. The van der Waals surface area contributed by atoms with E-state index in [0.29, 0.717) is 12.8 Å². The molecule has 0 aromatic rings. The summed E-state index contributed by atoms with van der Waals surface area (Å²) in [6, 6.07) is -0.940. The van der Waals surface area contributed by atoms with Crippen molar-refractivity contribution in [2.45, 2.75) is 293 Å². The second-order valence-corrected chi connectivity index (χ2v) is 22.5. The lowest BCUT2D eigenvalue weighted by Gasteiger charge is -2.46. The summed E-state index contributed by atoms with van der Waals surface area (Å²) in [6.07, 6.45) is 61.8. The first kappa shape index (κ1) is 76.5. The van der Waals surface area contributed by atoms with E-state index >= 15 is 0 Å². The van der Waals surface area contributed by atoms with E-state index < -0.39 is 86.8 Å². The molecular formula is C70H117NO13. The van der Waals surface area contributed by atoms with Crippen molar-refractivity contribution in [1.29, 1.82) is 0 Å². The highest BCUT2D eigenvalue weighted by Crippen LogP contribution is 2.30. The minimum absolute atomic E-state index is 0.259. The van der Waals surface area contributed by atoms with Gasteiger partial charge in [0.05, 0.1) is 32.0 Å². The molecule has 14 heteroatoms. The van der Waals surface area contributed by atoms with Gasteiger partial charge in [-0.25, -0.2) is 0 Å². The summed E-state index contributed by atoms with van der Waals surface area (Å²) in [4.78, 5) is 13.2. The van der Waals surface area contributed by atoms with E-state index in [1.807, 2.05) is 19.1 Å². The fourth-order valence-electron chi connectivity index (χ4n) is 10.0. The highest BCUT2D eigenvalue weighted by Gasteiger charge is 2.51. The first-order valence-corrected chi connectivity index (χ1v) is 32.7. The molecule has 2 saturated heterocycles. The van der Waals surface area contributed by atoms with Gasteiger partial charge in [-0.3, -0.25) is 4.79 Å². The monoisotopic (exact) mass is 1180 g/mol. The molecular weight excluding hydrogens is 1060 g/mol. The van der Waals surface area contributed by atoms with Gasteiger partial charge in [0.2, 0.25) is 5.91 Å². The average Bonchev–Trinajstić information content (AvgIpc) is 2.95. The molecule has 2 aliphatic rings. The zero-order valence-corrected chi connectivity index (χ0v) is 51.8. The third kappa shape index (κ3) is 37.8. The highest BCUT2D eigenvalue weighted by atomic mass is 16.7. The zero-order chi connectivity index (χ0) is 60.9. The number of hydrogen-bond donors (Lipinski definition) is 9. The van der Waals surface area contributed by atoms with Crippen LogP contribution in [0.3, 0.4) is 0 Å². The van der Waals surface area contributed by atoms with Crippen molar-refractivity contribution in [3.05, 3.63) is 122 Å². The van der Waals surface area contributed by atoms with Crippen LogP contribution in [0.1, 0.15) is 219 Å². The first-order chi connectivity index (χ1) is 41.1. The van der Waals surface area contributed by atoms with E-state index in [2.05, 4.69) is 116 Å². The van der Waals surface area contributed by atoms with E-state index in [1.54, 1.807) is 6.08 Å². The third-order valence-electron chi connectivity index (χ3n) is 15.2. The molecule has 2 aliphatic heterocycles. The highest BCUT2D eigenvalue weighted by molar-refractivity contribution is 5.76. The van der Waals surface area contributed by atoms with Gasteiger partial charge in [-0.05, 0) is 96.8 Å². The quantitative estimate of drug-likeness (QED) is 0.0204. The molecule has 1 amide bonds.